The van der Waals surface area contributed by atoms with Gasteiger partial charge in [-0.05, 0) is 48.8 Å². The van der Waals surface area contributed by atoms with Crippen LogP contribution >= 0.6 is 11.6 Å². The first-order valence-corrected chi connectivity index (χ1v) is 8.17. The minimum Gasteiger partial charge on any atom is -0.310 e. The van der Waals surface area contributed by atoms with Gasteiger partial charge in [0, 0.05) is 17.6 Å². The summed E-state index contributed by atoms with van der Waals surface area (Å²) in [6.07, 6.45) is 10.1. The van der Waals surface area contributed by atoms with Crippen LogP contribution in [0.3, 0.4) is 0 Å². The fraction of sp³-hybridized carbons (Fsp3) is 0.647. The minimum absolute atomic E-state index is 0.732. The Morgan fingerprint density at radius 2 is 1.68 bits per heavy atom. The van der Waals surface area contributed by atoms with Crippen molar-refractivity contribution in [2.75, 3.05) is 0 Å². The fourth-order valence-electron chi connectivity index (χ4n) is 3.92. The summed E-state index contributed by atoms with van der Waals surface area (Å²) in [5.41, 5.74) is 1.34. The van der Waals surface area contributed by atoms with Gasteiger partial charge in [-0.1, -0.05) is 49.4 Å². The zero-order valence-corrected chi connectivity index (χ0v) is 12.3. The number of nitrogens with one attached hydrogen (secondary N) is 1. The van der Waals surface area contributed by atoms with Crippen LogP contribution in [0, 0.1) is 11.8 Å². The van der Waals surface area contributed by atoms with Gasteiger partial charge in [0.1, 0.15) is 0 Å². The van der Waals surface area contributed by atoms with Crippen LogP contribution in [-0.2, 0) is 6.54 Å². The molecule has 0 spiro atoms. The van der Waals surface area contributed by atoms with Crippen LogP contribution in [0.2, 0.25) is 5.02 Å². The Morgan fingerprint density at radius 1 is 0.947 bits per heavy atom. The maximum absolute atomic E-state index is 5.92. The first-order valence-electron chi connectivity index (χ1n) is 7.79. The predicted octanol–water partition coefficient (Wildman–Crippen LogP) is 4.79. The number of fused-ring (bicyclic) bond motifs is 1. The van der Waals surface area contributed by atoms with Gasteiger partial charge in [0.25, 0.3) is 0 Å². The van der Waals surface area contributed by atoms with Crippen molar-refractivity contribution in [3.63, 3.8) is 0 Å². The third kappa shape index (κ3) is 3.52. The maximum Gasteiger partial charge on any atom is 0.0406 e. The molecule has 3 unspecified atom stereocenters. The molecule has 0 amide bonds. The standard InChI is InChI=1S/C17H24ClN/c18-16-8-5-13(6-9-16)12-19-17-10-7-14-3-1-2-4-15(14)11-17/h5-6,8-9,14-15,17,19H,1-4,7,10-12H2. The summed E-state index contributed by atoms with van der Waals surface area (Å²) < 4.78 is 0. The molecular weight excluding hydrogens is 254 g/mol. The van der Waals surface area contributed by atoms with Crippen molar-refractivity contribution in [2.45, 2.75) is 57.5 Å². The van der Waals surface area contributed by atoms with Gasteiger partial charge in [0.05, 0.1) is 0 Å². The molecule has 3 rings (SSSR count). The third-order valence-electron chi connectivity index (χ3n) is 5.05. The molecule has 2 aliphatic carbocycles. The van der Waals surface area contributed by atoms with Crippen molar-refractivity contribution in [3.8, 4) is 0 Å². The SMILES string of the molecule is Clc1ccc(CNC2CCC3CCCCC3C2)cc1. The lowest BCUT2D eigenvalue weighted by molar-refractivity contribution is 0.143. The van der Waals surface area contributed by atoms with Crippen molar-refractivity contribution >= 4 is 11.6 Å². The van der Waals surface area contributed by atoms with Crippen molar-refractivity contribution < 1.29 is 0 Å². The molecule has 2 aliphatic rings. The Labute approximate surface area is 121 Å². The molecule has 2 fully saturated rings. The van der Waals surface area contributed by atoms with Gasteiger partial charge in [0.2, 0.25) is 0 Å². The van der Waals surface area contributed by atoms with E-state index >= 15 is 0 Å². The summed E-state index contributed by atoms with van der Waals surface area (Å²) in [7, 11) is 0. The van der Waals surface area contributed by atoms with E-state index < -0.39 is 0 Å². The van der Waals surface area contributed by atoms with Crippen molar-refractivity contribution in [3.05, 3.63) is 34.9 Å². The lowest BCUT2D eigenvalue weighted by Crippen LogP contribution is -2.38. The summed E-state index contributed by atoms with van der Waals surface area (Å²) in [4.78, 5) is 0. The normalized spacial score (nSPS) is 30.9. The first-order chi connectivity index (χ1) is 9.31. The molecule has 1 aromatic rings. The minimum atomic E-state index is 0.732. The molecule has 2 saturated carbocycles. The lowest BCUT2D eigenvalue weighted by atomic mass is 9.69. The Kier molecular flexibility index (Phi) is 4.45. The molecule has 1 aromatic carbocycles. The molecule has 0 aromatic heterocycles. The van der Waals surface area contributed by atoms with Crippen molar-refractivity contribution in [2.24, 2.45) is 11.8 Å². The molecule has 0 aliphatic heterocycles. The van der Waals surface area contributed by atoms with Gasteiger partial charge in [-0.2, -0.15) is 0 Å². The van der Waals surface area contributed by atoms with Crippen LogP contribution in [0.15, 0.2) is 24.3 Å². The molecule has 3 atom stereocenters. The molecular formula is C17H24ClN. The molecule has 104 valence electrons. The van der Waals surface area contributed by atoms with Gasteiger partial charge in [-0.15, -0.1) is 0 Å². The maximum atomic E-state index is 5.92. The second-order valence-corrected chi connectivity index (χ2v) is 6.76. The molecule has 0 bridgehead atoms. The van der Waals surface area contributed by atoms with Crippen LogP contribution < -0.4 is 5.32 Å². The molecule has 1 N–H and O–H groups in total. The molecule has 19 heavy (non-hydrogen) atoms. The third-order valence-corrected chi connectivity index (χ3v) is 5.30. The lowest BCUT2D eigenvalue weighted by Gasteiger charge is -2.39. The number of hydrogen-bond acceptors (Lipinski definition) is 1. The quantitative estimate of drug-likeness (QED) is 0.838. The summed E-state index contributed by atoms with van der Waals surface area (Å²) in [5, 5.41) is 4.57. The van der Waals surface area contributed by atoms with Crippen LogP contribution in [0.4, 0.5) is 0 Å². The van der Waals surface area contributed by atoms with Crippen LogP contribution in [-0.4, -0.2) is 6.04 Å². The average Bonchev–Trinajstić information content (AvgIpc) is 2.46. The average molecular weight is 278 g/mol. The van der Waals surface area contributed by atoms with E-state index in [0.717, 1.165) is 29.4 Å². The van der Waals surface area contributed by atoms with E-state index in [9.17, 15) is 0 Å². The first kappa shape index (κ1) is 13.5. The van der Waals surface area contributed by atoms with Gasteiger partial charge < -0.3 is 5.32 Å². The zero-order chi connectivity index (χ0) is 13.1. The summed E-state index contributed by atoms with van der Waals surface area (Å²) >= 11 is 5.92. The fourth-order valence-corrected chi connectivity index (χ4v) is 4.05. The highest BCUT2D eigenvalue weighted by atomic mass is 35.5. The van der Waals surface area contributed by atoms with E-state index in [-0.39, 0.29) is 0 Å². The van der Waals surface area contributed by atoms with E-state index in [1.54, 1.807) is 0 Å². The number of hydrogen-bond donors (Lipinski definition) is 1. The van der Waals surface area contributed by atoms with Gasteiger partial charge >= 0.3 is 0 Å². The van der Waals surface area contributed by atoms with Crippen molar-refractivity contribution in [1.29, 1.82) is 0 Å². The van der Waals surface area contributed by atoms with Crippen molar-refractivity contribution in [1.82, 2.24) is 5.32 Å². The van der Waals surface area contributed by atoms with E-state index in [1.807, 2.05) is 12.1 Å². The highest BCUT2D eigenvalue weighted by molar-refractivity contribution is 6.30. The topological polar surface area (TPSA) is 12.0 Å². The van der Waals surface area contributed by atoms with Gasteiger partial charge in [-0.3, -0.25) is 0 Å². The number of halogens is 1. The van der Waals surface area contributed by atoms with E-state index in [0.29, 0.717) is 0 Å². The van der Waals surface area contributed by atoms with E-state index in [2.05, 4.69) is 17.4 Å². The molecule has 1 nitrogen and oxygen atoms in total. The summed E-state index contributed by atoms with van der Waals surface area (Å²) in [6.45, 7) is 0.985. The highest BCUT2D eigenvalue weighted by Crippen LogP contribution is 2.40. The highest BCUT2D eigenvalue weighted by Gasteiger charge is 2.31. The van der Waals surface area contributed by atoms with E-state index in [4.69, 9.17) is 11.6 Å². The molecule has 0 saturated heterocycles. The Morgan fingerprint density at radius 3 is 2.47 bits per heavy atom. The summed E-state index contributed by atoms with van der Waals surface area (Å²) in [5.74, 6) is 2.05. The summed E-state index contributed by atoms with van der Waals surface area (Å²) in [6, 6.07) is 8.95. The van der Waals surface area contributed by atoms with Crippen LogP contribution in [0.1, 0.15) is 50.5 Å². The Balaban J connectivity index is 1.49. The Bertz CT molecular complexity index is 400. The smallest absolute Gasteiger partial charge is 0.0406 e. The van der Waals surface area contributed by atoms with Crippen LogP contribution in [0.25, 0.3) is 0 Å². The van der Waals surface area contributed by atoms with Crippen LogP contribution in [0.5, 0.6) is 0 Å². The largest absolute Gasteiger partial charge is 0.310 e. The molecule has 0 radical (unpaired) electrons. The second kappa shape index (κ2) is 6.28. The van der Waals surface area contributed by atoms with Gasteiger partial charge in [0.15, 0.2) is 0 Å². The molecule has 2 heteroatoms. The monoisotopic (exact) mass is 277 g/mol. The number of rotatable bonds is 3. The number of benzene rings is 1. The second-order valence-electron chi connectivity index (χ2n) is 6.32. The van der Waals surface area contributed by atoms with Gasteiger partial charge in [-0.25, -0.2) is 0 Å². The van der Waals surface area contributed by atoms with E-state index in [1.165, 1.54) is 50.5 Å². The Hall–Kier alpha value is -0.530. The predicted molar refractivity (Wildman–Crippen MR) is 81.4 cm³/mol. The molecule has 0 heterocycles. The zero-order valence-electron chi connectivity index (χ0n) is 11.6.